The van der Waals surface area contributed by atoms with E-state index >= 15 is 0 Å². The molecule has 0 bridgehead atoms. The van der Waals surface area contributed by atoms with Gasteiger partial charge in [-0.15, -0.1) is 0 Å². The molecule has 3 aliphatic rings. The van der Waals surface area contributed by atoms with Crippen LogP contribution in [0.1, 0.15) is 39.9 Å². The Labute approximate surface area is 181 Å². The van der Waals surface area contributed by atoms with Crippen molar-refractivity contribution >= 4 is 0 Å². The second kappa shape index (κ2) is 7.20. The predicted molar refractivity (Wildman–Crippen MR) is 117 cm³/mol. The molecule has 0 spiro atoms. The highest BCUT2D eigenvalue weighted by molar-refractivity contribution is 5.56. The highest BCUT2D eigenvalue weighted by Crippen LogP contribution is 2.51. The van der Waals surface area contributed by atoms with Crippen molar-refractivity contribution in [3.63, 3.8) is 0 Å². The van der Waals surface area contributed by atoms with Crippen LogP contribution in [0.25, 0.3) is 0 Å². The topological polar surface area (TPSA) is 51.2 Å². The number of benzene rings is 3. The van der Waals surface area contributed by atoms with Gasteiger partial charge in [-0.05, 0) is 59.7 Å². The smallest absolute Gasteiger partial charge is 0.231 e. The highest BCUT2D eigenvalue weighted by atomic mass is 16.7. The summed E-state index contributed by atoms with van der Waals surface area (Å²) in [5, 5.41) is 11.1. The van der Waals surface area contributed by atoms with Crippen LogP contribution in [0, 0.1) is 0 Å². The number of aromatic hydroxyl groups is 1. The van der Waals surface area contributed by atoms with E-state index in [1.54, 1.807) is 7.11 Å². The number of phenolic OH excluding ortho intramolecular Hbond substituents is 1. The standard InChI is InChI=1S/C26H25NO4/c1-29-22-8-7-18-12-20-19-14-24-23(30-15-31-24)13-17(19)9-10-27(20)21(25(18)26(22)28)11-16-5-3-2-4-6-16/h2-8,13-14,20-21,28H,9-12,15H2,1H3. The number of phenols is 1. The summed E-state index contributed by atoms with van der Waals surface area (Å²) in [7, 11) is 1.61. The number of fused-ring (bicyclic) bond motifs is 5. The first-order valence-corrected chi connectivity index (χ1v) is 10.8. The Kier molecular flexibility index (Phi) is 4.32. The number of nitrogens with zero attached hydrogens (tertiary/aromatic N) is 1. The Morgan fingerprint density at radius 2 is 1.84 bits per heavy atom. The summed E-state index contributed by atoms with van der Waals surface area (Å²) < 4.78 is 16.8. The molecule has 0 saturated carbocycles. The fourth-order valence-electron chi connectivity index (χ4n) is 5.49. The molecule has 2 unspecified atom stereocenters. The maximum absolute atomic E-state index is 11.1. The molecule has 158 valence electrons. The van der Waals surface area contributed by atoms with Crippen molar-refractivity contribution in [1.29, 1.82) is 0 Å². The summed E-state index contributed by atoms with van der Waals surface area (Å²) in [5.74, 6) is 2.50. The minimum atomic E-state index is 0.0739. The summed E-state index contributed by atoms with van der Waals surface area (Å²) in [6.07, 6.45) is 2.64. The molecule has 3 aliphatic heterocycles. The van der Waals surface area contributed by atoms with E-state index in [0.29, 0.717) is 12.5 Å². The minimum absolute atomic E-state index is 0.0739. The summed E-state index contributed by atoms with van der Waals surface area (Å²) in [5.41, 5.74) is 6.10. The van der Waals surface area contributed by atoms with Crippen LogP contribution in [0.5, 0.6) is 23.0 Å². The van der Waals surface area contributed by atoms with Crippen molar-refractivity contribution in [3.8, 4) is 23.0 Å². The van der Waals surface area contributed by atoms with Gasteiger partial charge in [0.1, 0.15) is 0 Å². The van der Waals surface area contributed by atoms with Crippen molar-refractivity contribution in [3.05, 3.63) is 82.4 Å². The largest absolute Gasteiger partial charge is 0.504 e. The third kappa shape index (κ3) is 2.95. The lowest BCUT2D eigenvalue weighted by Crippen LogP contribution is -2.43. The number of ether oxygens (including phenoxy) is 3. The molecule has 0 radical (unpaired) electrons. The maximum Gasteiger partial charge on any atom is 0.231 e. The Bertz CT molecular complexity index is 1140. The van der Waals surface area contributed by atoms with Gasteiger partial charge in [-0.3, -0.25) is 4.90 Å². The van der Waals surface area contributed by atoms with Crippen LogP contribution < -0.4 is 14.2 Å². The number of hydrogen-bond acceptors (Lipinski definition) is 5. The zero-order valence-electron chi connectivity index (χ0n) is 17.5. The van der Waals surface area contributed by atoms with E-state index in [9.17, 15) is 5.11 Å². The second-order valence-electron chi connectivity index (χ2n) is 8.51. The van der Waals surface area contributed by atoms with E-state index < -0.39 is 0 Å². The van der Waals surface area contributed by atoms with Crippen molar-refractivity contribution in [2.45, 2.75) is 31.3 Å². The van der Waals surface area contributed by atoms with Crippen LogP contribution in [0.3, 0.4) is 0 Å². The summed E-state index contributed by atoms with van der Waals surface area (Å²) in [6.45, 7) is 1.23. The van der Waals surface area contributed by atoms with Gasteiger partial charge in [-0.2, -0.15) is 0 Å². The second-order valence-corrected chi connectivity index (χ2v) is 8.51. The number of rotatable bonds is 3. The van der Waals surface area contributed by atoms with E-state index in [4.69, 9.17) is 14.2 Å². The quantitative estimate of drug-likeness (QED) is 0.679. The summed E-state index contributed by atoms with van der Waals surface area (Å²) >= 11 is 0. The molecular weight excluding hydrogens is 390 g/mol. The van der Waals surface area contributed by atoms with Crippen LogP contribution in [-0.2, 0) is 19.3 Å². The molecule has 3 heterocycles. The Morgan fingerprint density at radius 1 is 1.03 bits per heavy atom. The normalized spacial score (nSPS) is 21.2. The average Bonchev–Trinajstić information content (AvgIpc) is 3.26. The van der Waals surface area contributed by atoms with Crippen LogP contribution in [0.4, 0.5) is 0 Å². The van der Waals surface area contributed by atoms with Gasteiger partial charge in [0.15, 0.2) is 23.0 Å². The van der Waals surface area contributed by atoms with Gasteiger partial charge in [-0.25, -0.2) is 0 Å². The zero-order valence-corrected chi connectivity index (χ0v) is 17.5. The molecule has 0 aromatic heterocycles. The number of methoxy groups -OCH3 is 1. The molecule has 2 atom stereocenters. The predicted octanol–water partition coefficient (Wildman–Crippen LogP) is 4.57. The van der Waals surface area contributed by atoms with Crippen LogP contribution in [0.2, 0.25) is 0 Å². The van der Waals surface area contributed by atoms with Crippen molar-refractivity contribution in [1.82, 2.24) is 4.90 Å². The first-order valence-electron chi connectivity index (χ1n) is 10.8. The maximum atomic E-state index is 11.1. The SMILES string of the molecule is COc1ccc2c(c1O)C(Cc1ccccc1)N1CCc3cc4c(cc3C1C2)OCO4. The first-order chi connectivity index (χ1) is 15.2. The van der Waals surface area contributed by atoms with Gasteiger partial charge >= 0.3 is 0 Å². The van der Waals surface area contributed by atoms with E-state index in [0.717, 1.165) is 42.9 Å². The fourth-order valence-corrected chi connectivity index (χ4v) is 5.49. The van der Waals surface area contributed by atoms with Crippen LogP contribution in [-0.4, -0.2) is 30.5 Å². The molecule has 3 aromatic rings. The first kappa shape index (κ1) is 18.6. The van der Waals surface area contributed by atoms with Gasteiger partial charge in [0.2, 0.25) is 6.79 Å². The molecule has 5 heteroatoms. The molecular formula is C26H25NO4. The van der Waals surface area contributed by atoms with E-state index in [1.807, 2.05) is 12.1 Å². The van der Waals surface area contributed by atoms with Crippen molar-refractivity contribution in [2.75, 3.05) is 20.4 Å². The van der Waals surface area contributed by atoms with Gasteiger partial charge in [0.05, 0.1) is 7.11 Å². The Morgan fingerprint density at radius 3 is 2.65 bits per heavy atom. The molecule has 0 fully saturated rings. The molecule has 31 heavy (non-hydrogen) atoms. The average molecular weight is 415 g/mol. The van der Waals surface area contributed by atoms with Gasteiger partial charge in [0, 0.05) is 24.2 Å². The molecule has 0 aliphatic carbocycles. The summed E-state index contributed by atoms with van der Waals surface area (Å²) in [4.78, 5) is 2.55. The van der Waals surface area contributed by atoms with Crippen molar-refractivity contribution in [2.24, 2.45) is 0 Å². The zero-order chi connectivity index (χ0) is 20.9. The molecule has 3 aromatic carbocycles. The lowest BCUT2D eigenvalue weighted by molar-refractivity contribution is 0.104. The third-order valence-electron chi connectivity index (χ3n) is 6.94. The van der Waals surface area contributed by atoms with E-state index in [2.05, 4.69) is 47.4 Å². The van der Waals surface area contributed by atoms with Gasteiger partial charge in [-0.1, -0.05) is 36.4 Å². The lowest BCUT2D eigenvalue weighted by Gasteiger charge is -2.47. The molecule has 6 rings (SSSR count). The highest BCUT2D eigenvalue weighted by Gasteiger charge is 2.41. The third-order valence-corrected chi connectivity index (χ3v) is 6.94. The van der Waals surface area contributed by atoms with Gasteiger partial charge < -0.3 is 19.3 Å². The van der Waals surface area contributed by atoms with E-state index in [-0.39, 0.29) is 17.8 Å². The summed E-state index contributed by atoms with van der Waals surface area (Å²) in [6, 6.07) is 19.2. The lowest BCUT2D eigenvalue weighted by atomic mass is 9.78. The molecule has 0 saturated heterocycles. The molecule has 5 nitrogen and oxygen atoms in total. The fraction of sp³-hybridized carbons (Fsp3) is 0.308. The molecule has 1 N–H and O–H groups in total. The monoisotopic (exact) mass is 415 g/mol. The van der Waals surface area contributed by atoms with E-state index in [1.165, 1.54) is 22.3 Å². The molecule has 0 amide bonds. The minimum Gasteiger partial charge on any atom is -0.504 e. The van der Waals surface area contributed by atoms with Gasteiger partial charge in [0.25, 0.3) is 0 Å². The number of hydrogen-bond donors (Lipinski definition) is 1. The van der Waals surface area contributed by atoms with Crippen molar-refractivity contribution < 1.29 is 19.3 Å². The Hall–Kier alpha value is -3.18. The van der Waals surface area contributed by atoms with Crippen LogP contribution >= 0.6 is 0 Å². The Balaban J connectivity index is 1.48. The van der Waals surface area contributed by atoms with Crippen LogP contribution in [0.15, 0.2) is 54.6 Å².